The monoisotopic (exact) mass is 373 g/mol. The van der Waals surface area contributed by atoms with E-state index in [0.29, 0.717) is 18.1 Å². The third kappa shape index (κ3) is 3.52. The molecular formula is C20H19N7O. The number of para-hydroxylation sites is 2. The second kappa shape index (κ2) is 7.83. The maximum Gasteiger partial charge on any atom is 0.254 e. The van der Waals surface area contributed by atoms with Crippen molar-refractivity contribution in [2.75, 3.05) is 11.9 Å². The molecule has 8 nitrogen and oxygen atoms in total. The molecule has 4 rings (SSSR count). The molecule has 0 unspecified atom stereocenters. The topological polar surface area (TPSA) is 97.6 Å². The standard InChI is InChI=1S/C20H19N7O/c1-2-21-20-24-11-15(12-25-20)19(28)23-10-14-6-5-9-22-18(14)27-13-26-16-7-3-4-8-17(16)27/h3-9,11-13H,2,10H2,1H3,(H,23,28)(H,21,24,25). The first-order valence-corrected chi connectivity index (χ1v) is 8.96. The number of imidazole rings is 1. The van der Waals surface area contributed by atoms with Crippen LogP contribution in [-0.2, 0) is 6.54 Å². The number of carbonyl (C=O) groups is 1. The summed E-state index contributed by atoms with van der Waals surface area (Å²) < 4.78 is 1.92. The van der Waals surface area contributed by atoms with Gasteiger partial charge < -0.3 is 10.6 Å². The molecule has 0 spiro atoms. The number of rotatable bonds is 6. The van der Waals surface area contributed by atoms with Crippen molar-refractivity contribution in [3.8, 4) is 5.82 Å². The quantitative estimate of drug-likeness (QED) is 0.539. The van der Waals surface area contributed by atoms with E-state index in [4.69, 9.17) is 0 Å². The Kier molecular flexibility index (Phi) is 4.92. The van der Waals surface area contributed by atoms with E-state index in [1.165, 1.54) is 12.4 Å². The van der Waals surface area contributed by atoms with Crippen molar-refractivity contribution < 1.29 is 4.79 Å². The molecule has 1 amide bonds. The van der Waals surface area contributed by atoms with Crippen LogP contribution in [0.1, 0.15) is 22.8 Å². The number of anilines is 1. The number of fused-ring (bicyclic) bond motifs is 1. The van der Waals surface area contributed by atoms with Gasteiger partial charge in [0.15, 0.2) is 0 Å². The molecule has 0 aliphatic rings. The SMILES string of the molecule is CCNc1ncc(C(=O)NCc2cccnc2-n2cnc3ccccc32)cn1. The molecule has 28 heavy (non-hydrogen) atoms. The van der Waals surface area contributed by atoms with Crippen LogP contribution in [0.2, 0.25) is 0 Å². The highest BCUT2D eigenvalue weighted by Gasteiger charge is 2.12. The fourth-order valence-electron chi connectivity index (χ4n) is 2.89. The Hall–Kier alpha value is -3.81. The van der Waals surface area contributed by atoms with Crippen molar-refractivity contribution in [3.05, 3.63) is 72.4 Å². The van der Waals surface area contributed by atoms with Gasteiger partial charge in [-0.2, -0.15) is 0 Å². The largest absolute Gasteiger partial charge is 0.355 e. The molecule has 0 atom stereocenters. The number of carbonyl (C=O) groups excluding carboxylic acids is 1. The lowest BCUT2D eigenvalue weighted by Crippen LogP contribution is -2.24. The summed E-state index contributed by atoms with van der Waals surface area (Å²) in [5.74, 6) is 0.990. The van der Waals surface area contributed by atoms with Crippen LogP contribution in [0.25, 0.3) is 16.9 Å². The Balaban J connectivity index is 1.54. The van der Waals surface area contributed by atoms with Gasteiger partial charge in [0.1, 0.15) is 12.1 Å². The highest BCUT2D eigenvalue weighted by atomic mass is 16.1. The molecule has 2 N–H and O–H groups in total. The molecule has 0 fully saturated rings. The fourth-order valence-corrected chi connectivity index (χ4v) is 2.89. The lowest BCUT2D eigenvalue weighted by atomic mass is 10.2. The van der Waals surface area contributed by atoms with E-state index in [-0.39, 0.29) is 5.91 Å². The van der Waals surface area contributed by atoms with E-state index in [2.05, 4.69) is 30.6 Å². The zero-order valence-electron chi connectivity index (χ0n) is 15.3. The van der Waals surface area contributed by atoms with Crippen LogP contribution >= 0.6 is 0 Å². The highest BCUT2D eigenvalue weighted by molar-refractivity contribution is 5.93. The zero-order valence-corrected chi connectivity index (χ0v) is 15.3. The third-order valence-electron chi connectivity index (χ3n) is 4.24. The van der Waals surface area contributed by atoms with E-state index < -0.39 is 0 Å². The molecule has 0 bridgehead atoms. The van der Waals surface area contributed by atoms with Gasteiger partial charge in [0.2, 0.25) is 5.95 Å². The Morgan fingerprint density at radius 3 is 2.68 bits per heavy atom. The van der Waals surface area contributed by atoms with Gasteiger partial charge in [0, 0.05) is 37.2 Å². The van der Waals surface area contributed by atoms with Crippen LogP contribution < -0.4 is 10.6 Å². The van der Waals surface area contributed by atoms with Gasteiger partial charge in [-0.05, 0) is 25.1 Å². The summed E-state index contributed by atoms with van der Waals surface area (Å²) in [5, 5.41) is 5.90. The summed E-state index contributed by atoms with van der Waals surface area (Å²) in [6, 6.07) is 11.6. The molecule has 8 heteroatoms. The summed E-state index contributed by atoms with van der Waals surface area (Å²) in [7, 11) is 0. The third-order valence-corrected chi connectivity index (χ3v) is 4.24. The van der Waals surface area contributed by atoms with Crippen molar-refractivity contribution in [2.45, 2.75) is 13.5 Å². The highest BCUT2D eigenvalue weighted by Crippen LogP contribution is 2.19. The normalized spacial score (nSPS) is 10.8. The molecule has 0 radical (unpaired) electrons. The molecule has 140 valence electrons. The van der Waals surface area contributed by atoms with Gasteiger partial charge in [-0.1, -0.05) is 18.2 Å². The lowest BCUT2D eigenvalue weighted by Gasteiger charge is -2.11. The number of nitrogens with zero attached hydrogens (tertiary/aromatic N) is 5. The lowest BCUT2D eigenvalue weighted by molar-refractivity contribution is 0.0950. The second-order valence-corrected chi connectivity index (χ2v) is 6.10. The predicted molar refractivity (Wildman–Crippen MR) is 106 cm³/mol. The average molecular weight is 373 g/mol. The number of amides is 1. The van der Waals surface area contributed by atoms with Gasteiger partial charge in [-0.15, -0.1) is 0 Å². The fraction of sp³-hybridized carbons (Fsp3) is 0.150. The molecule has 0 aliphatic carbocycles. The molecule has 0 aliphatic heterocycles. The first-order valence-electron chi connectivity index (χ1n) is 8.96. The van der Waals surface area contributed by atoms with Gasteiger partial charge in [0.25, 0.3) is 5.91 Å². The van der Waals surface area contributed by atoms with Crippen LogP contribution in [0.4, 0.5) is 5.95 Å². The minimum Gasteiger partial charge on any atom is -0.355 e. The van der Waals surface area contributed by atoms with Gasteiger partial charge in [-0.25, -0.2) is 19.9 Å². The number of hydrogen-bond acceptors (Lipinski definition) is 6. The number of nitrogens with one attached hydrogen (secondary N) is 2. The van der Waals surface area contributed by atoms with Crippen LogP contribution in [0.5, 0.6) is 0 Å². The van der Waals surface area contributed by atoms with Crippen LogP contribution in [0, 0.1) is 0 Å². The Morgan fingerprint density at radius 1 is 1.04 bits per heavy atom. The first-order chi connectivity index (χ1) is 13.8. The van der Waals surface area contributed by atoms with Crippen molar-refractivity contribution >= 4 is 22.9 Å². The number of aromatic nitrogens is 5. The molecule has 0 saturated heterocycles. The molecule has 0 saturated carbocycles. The van der Waals surface area contributed by atoms with Crippen LogP contribution in [0.15, 0.2) is 61.3 Å². The van der Waals surface area contributed by atoms with Crippen LogP contribution in [-0.4, -0.2) is 37.0 Å². The summed E-state index contributed by atoms with van der Waals surface area (Å²) in [5.41, 5.74) is 3.13. The Morgan fingerprint density at radius 2 is 1.86 bits per heavy atom. The Labute approximate surface area is 161 Å². The molecule has 1 aromatic carbocycles. The maximum atomic E-state index is 12.4. The van der Waals surface area contributed by atoms with Gasteiger partial charge >= 0.3 is 0 Å². The first kappa shape index (κ1) is 17.6. The summed E-state index contributed by atoms with van der Waals surface area (Å²) in [6.45, 7) is 3.00. The Bertz CT molecular complexity index is 1100. The number of benzene rings is 1. The smallest absolute Gasteiger partial charge is 0.254 e. The van der Waals surface area contributed by atoms with E-state index in [1.54, 1.807) is 12.5 Å². The summed E-state index contributed by atoms with van der Waals surface area (Å²) >= 11 is 0. The second-order valence-electron chi connectivity index (χ2n) is 6.10. The van der Waals surface area contributed by atoms with Gasteiger partial charge in [0.05, 0.1) is 16.6 Å². The molecular weight excluding hydrogens is 354 g/mol. The van der Waals surface area contributed by atoms with E-state index in [9.17, 15) is 4.79 Å². The maximum absolute atomic E-state index is 12.4. The summed E-state index contributed by atoms with van der Waals surface area (Å²) in [4.78, 5) is 29.6. The summed E-state index contributed by atoms with van der Waals surface area (Å²) in [6.07, 6.45) is 6.48. The minimum atomic E-state index is -0.242. The predicted octanol–water partition coefficient (Wildman–Crippen LogP) is 2.57. The van der Waals surface area contributed by atoms with Crippen molar-refractivity contribution in [3.63, 3.8) is 0 Å². The van der Waals surface area contributed by atoms with Crippen molar-refractivity contribution in [1.29, 1.82) is 0 Å². The average Bonchev–Trinajstić information content (AvgIpc) is 3.17. The number of hydrogen-bond donors (Lipinski definition) is 2. The van der Waals surface area contributed by atoms with Crippen molar-refractivity contribution in [1.82, 2.24) is 29.8 Å². The van der Waals surface area contributed by atoms with Crippen LogP contribution in [0.3, 0.4) is 0 Å². The van der Waals surface area contributed by atoms with E-state index in [1.807, 2.05) is 47.9 Å². The molecule has 3 aromatic heterocycles. The van der Waals surface area contributed by atoms with E-state index >= 15 is 0 Å². The van der Waals surface area contributed by atoms with Gasteiger partial charge in [-0.3, -0.25) is 9.36 Å². The van der Waals surface area contributed by atoms with Crippen molar-refractivity contribution in [2.24, 2.45) is 0 Å². The molecule has 4 aromatic rings. The molecule has 3 heterocycles. The number of pyridine rings is 1. The minimum absolute atomic E-state index is 0.242. The zero-order chi connectivity index (χ0) is 19.3. The van der Waals surface area contributed by atoms with E-state index in [0.717, 1.165) is 29.0 Å².